The van der Waals surface area contributed by atoms with Gasteiger partial charge in [0.15, 0.2) is 11.0 Å². The number of aromatic nitrogens is 4. The number of rotatable bonds is 6. The zero-order valence-electron chi connectivity index (χ0n) is 11.3. The summed E-state index contributed by atoms with van der Waals surface area (Å²) >= 11 is 1.52. The first-order valence-corrected chi connectivity index (χ1v) is 7.14. The Bertz CT molecular complexity index is 536. The van der Waals surface area contributed by atoms with E-state index in [1.165, 1.54) is 11.8 Å². The van der Waals surface area contributed by atoms with Crippen molar-refractivity contribution in [3.05, 3.63) is 23.6 Å². The van der Waals surface area contributed by atoms with Crippen molar-refractivity contribution in [2.75, 3.05) is 0 Å². The monoisotopic (exact) mass is 282 g/mol. The Morgan fingerprint density at radius 1 is 1.47 bits per heavy atom. The van der Waals surface area contributed by atoms with Gasteiger partial charge in [-0.1, -0.05) is 30.8 Å². The molecule has 19 heavy (non-hydrogen) atoms. The normalized spacial score (nSPS) is 11.4. The molecule has 1 N–H and O–H groups in total. The fourth-order valence-electron chi connectivity index (χ4n) is 1.62. The molecule has 2 aromatic rings. The zero-order valence-corrected chi connectivity index (χ0v) is 12.1. The molecule has 0 aliphatic carbocycles. The molecule has 0 aliphatic heterocycles. The highest BCUT2D eigenvalue weighted by Crippen LogP contribution is 2.21. The van der Waals surface area contributed by atoms with Crippen LogP contribution in [0.15, 0.2) is 15.9 Å². The van der Waals surface area contributed by atoms with E-state index in [-0.39, 0.29) is 6.61 Å². The van der Waals surface area contributed by atoms with E-state index in [4.69, 9.17) is 9.63 Å². The number of hydrogen-bond acceptors (Lipinski definition) is 6. The Labute approximate surface area is 116 Å². The Morgan fingerprint density at radius 3 is 2.89 bits per heavy atom. The fourth-order valence-corrected chi connectivity index (χ4v) is 2.43. The van der Waals surface area contributed by atoms with Crippen molar-refractivity contribution in [3.8, 4) is 0 Å². The average molecular weight is 282 g/mol. The van der Waals surface area contributed by atoms with E-state index in [1.54, 1.807) is 6.20 Å². The van der Waals surface area contributed by atoms with Gasteiger partial charge in [-0.05, 0) is 5.92 Å². The van der Waals surface area contributed by atoms with Crippen molar-refractivity contribution in [2.24, 2.45) is 13.0 Å². The minimum atomic E-state index is -0.00912. The summed E-state index contributed by atoms with van der Waals surface area (Å²) in [5.74, 6) is 2.47. The number of nitrogens with zero attached hydrogens (tertiary/aromatic N) is 4. The standard InChI is InChI=1S/C12H18N4O2S/c1-8(2)4-11-14-10(15-18-11)7-19-12-13-5-9(6-17)16(12)3/h5,8,17H,4,6-7H2,1-3H3. The highest BCUT2D eigenvalue weighted by Gasteiger charge is 2.11. The third-order valence-electron chi connectivity index (χ3n) is 2.63. The quantitative estimate of drug-likeness (QED) is 0.814. The predicted molar refractivity (Wildman–Crippen MR) is 71.5 cm³/mol. The van der Waals surface area contributed by atoms with E-state index in [2.05, 4.69) is 29.0 Å². The average Bonchev–Trinajstić information content (AvgIpc) is 2.93. The molecule has 0 radical (unpaired) electrons. The smallest absolute Gasteiger partial charge is 0.226 e. The second-order valence-electron chi connectivity index (χ2n) is 4.74. The summed E-state index contributed by atoms with van der Waals surface area (Å²) in [4.78, 5) is 8.57. The third-order valence-corrected chi connectivity index (χ3v) is 3.67. The number of hydrogen-bond donors (Lipinski definition) is 1. The molecule has 7 heteroatoms. The van der Waals surface area contributed by atoms with Gasteiger partial charge in [0, 0.05) is 13.5 Å². The van der Waals surface area contributed by atoms with Crippen molar-refractivity contribution in [1.29, 1.82) is 0 Å². The lowest BCUT2D eigenvalue weighted by Gasteiger charge is -2.01. The lowest BCUT2D eigenvalue weighted by atomic mass is 10.1. The maximum atomic E-state index is 9.09. The largest absolute Gasteiger partial charge is 0.390 e. The minimum absolute atomic E-state index is 0.00912. The van der Waals surface area contributed by atoms with Crippen LogP contribution in [0.4, 0.5) is 0 Å². The van der Waals surface area contributed by atoms with Crippen LogP contribution in [0, 0.1) is 5.92 Å². The van der Waals surface area contributed by atoms with Crippen molar-refractivity contribution in [1.82, 2.24) is 19.7 Å². The molecule has 0 amide bonds. The van der Waals surface area contributed by atoms with E-state index < -0.39 is 0 Å². The molecule has 2 heterocycles. The summed E-state index contributed by atoms with van der Waals surface area (Å²) in [6, 6.07) is 0. The first-order valence-electron chi connectivity index (χ1n) is 6.16. The van der Waals surface area contributed by atoms with Crippen LogP contribution in [-0.4, -0.2) is 24.8 Å². The summed E-state index contributed by atoms with van der Waals surface area (Å²) < 4.78 is 7.04. The van der Waals surface area contributed by atoms with Crippen molar-refractivity contribution in [2.45, 2.75) is 37.8 Å². The van der Waals surface area contributed by atoms with Crippen LogP contribution < -0.4 is 0 Å². The van der Waals surface area contributed by atoms with Gasteiger partial charge >= 0.3 is 0 Å². The zero-order chi connectivity index (χ0) is 13.8. The number of imidazole rings is 1. The topological polar surface area (TPSA) is 77.0 Å². The maximum Gasteiger partial charge on any atom is 0.226 e. The molecule has 0 saturated carbocycles. The Morgan fingerprint density at radius 2 is 2.26 bits per heavy atom. The van der Waals surface area contributed by atoms with Crippen molar-refractivity contribution < 1.29 is 9.63 Å². The molecule has 104 valence electrons. The Balaban J connectivity index is 1.94. The van der Waals surface area contributed by atoms with E-state index in [9.17, 15) is 0 Å². The molecule has 0 aliphatic rings. The first kappa shape index (κ1) is 14.1. The van der Waals surface area contributed by atoms with Gasteiger partial charge in [0.05, 0.1) is 24.3 Å². The van der Waals surface area contributed by atoms with Crippen LogP contribution in [0.3, 0.4) is 0 Å². The highest BCUT2D eigenvalue weighted by molar-refractivity contribution is 7.98. The van der Waals surface area contributed by atoms with E-state index in [0.29, 0.717) is 23.4 Å². The second kappa shape index (κ2) is 6.21. The van der Waals surface area contributed by atoms with Crippen LogP contribution >= 0.6 is 11.8 Å². The van der Waals surface area contributed by atoms with Gasteiger partial charge < -0.3 is 14.2 Å². The van der Waals surface area contributed by atoms with Crippen LogP contribution in [0.25, 0.3) is 0 Å². The molecule has 2 rings (SSSR count). The van der Waals surface area contributed by atoms with Crippen LogP contribution in [0.2, 0.25) is 0 Å². The second-order valence-corrected chi connectivity index (χ2v) is 5.68. The van der Waals surface area contributed by atoms with Crippen LogP contribution in [-0.2, 0) is 25.8 Å². The predicted octanol–water partition coefficient (Wildman–Crippen LogP) is 1.79. The van der Waals surface area contributed by atoms with E-state index >= 15 is 0 Å². The van der Waals surface area contributed by atoms with Gasteiger partial charge in [0.25, 0.3) is 0 Å². The first-order chi connectivity index (χ1) is 9.10. The summed E-state index contributed by atoms with van der Waals surface area (Å²) in [5.41, 5.74) is 0.788. The summed E-state index contributed by atoms with van der Waals surface area (Å²) in [6.45, 7) is 4.22. The molecule has 6 nitrogen and oxygen atoms in total. The van der Waals surface area contributed by atoms with Gasteiger partial charge in [-0.2, -0.15) is 4.98 Å². The van der Waals surface area contributed by atoms with Gasteiger partial charge in [0.1, 0.15) is 0 Å². The van der Waals surface area contributed by atoms with E-state index in [0.717, 1.165) is 17.3 Å². The minimum Gasteiger partial charge on any atom is -0.390 e. The van der Waals surface area contributed by atoms with Gasteiger partial charge in [-0.15, -0.1) is 0 Å². The maximum absolute atomic E-state index is 9.09. The molecular formula is C12H18N4O2S. The molecule has 0 bridgehead atoms. The fraction of sp³-hybridized carbons (Fsp3) is 0.583. The Hall–Kier alpha value is -1.34. The van der Waals surface area contributed by atoms with Gasteiger partial charge in [0.2, 0.25) is 5.89 Å². The molecule has 0 saturated heterocycles. The number of aliphatic hydroxyl groups excluding tert-OH is 1. The number of aliphatic hydroxyl groups is 1. The summed E-state index contributed by atoms with van der Waals surface area (Å²) in [5, 5.41) is 13.9. The molecular weight excluding hydrogens is 264 g/mol. The molecule has 0 unspecified atom stereocenters. The lowest BCUT2D eigenvalue weighted by molar-refractivity contribution is 0.271. The highest BCUT2D eigenvalue weighted by atomic mass is 32.2. The molecule has 0 fully saturated rings. The van der Waals surface area contributed by atoms with E-state index in [1.807, 2.05) is 11.6 Å². The molecule has 0 aromatic carbocycles. The third kappa shape index (κ3) is 3.57. The Kier molecular flexibility index (Phi) is 4.60. The summed E-state index contributed by atoms with van der Waals surface area (Å²) in [6.07, 6.45) is 2.47. The SMILES string of the molecule is CC(C)Cc1nc(CSc2ncc(CO)n2C)no1. The molecule has 0 spiro atoms. The van der Waals surface area contributed by atoms with Gasteiger partial charge in [-0.3, -0.25) is 0 Å². The molecule has 2 aromatic heterocycles. The van der Waals surface area contributed by atoms with Crippen LogP contribution in [0.1, 0.15) is 31.3 Å². The summed E-state index contributed by atoms with van der Waals surface area (Å²) in [7, 11) is 1.88. The molecule has 0 atom stereocenters. The van der Waals surface area contributed by atoms with Gasteiger partial charge in [-0.25, -0.2) is 4.98 Å². The van der Waals surface area contributed by atoms with Crippen molar-refractivity contribution >= 4 is 11.8 Å². The number of thioether (sulfide) groups is 1. The van der Waals surface area contributed by atoms with Crippen molar-refractivity contribution in [3.63, 3.8) is 0 Å². The van der Waals surface area contributed by atoms with Crippen LogP contribution in [0.5, 0.6) is 0 Å². The lowest BCUT2D eigenvalue weighted by Crippen LogP contribution is -1.98.